The summed E-state index contributed by atoms with van der Waals surface area (Å²) < 4.78 is 5.94. The number of benzene rings is 1. The lowest BCUT2D eigenvalue weighted by atomic mass is 10.2. The SMILES string of the molecule is CCC(CNc1cncc(C(N)=O)n1)Oc1cccc(C)c1. The van der Waals surface area contributed by atoms with Gasteiger partial charge in [-0.1, -0.05) is 19.1 Å². The molecule has 0 saturated heterocycles. The largest absolute Gasteiger partial charge is 0.489 e. The molecule has 2 rings (SSSR count). The third kappa shape index (κ3) is 4.44. The standard InChI is InChI=1S/C16H20N4O2/c1-3-12(22-13-6-4-5-11(2)7-13)8-19-15-10-18-9-14(20-15)16(17)21/h4-7,9-10,12H,3,8H2,1-2H3,(H2,17,21)(H,19,20). The molecule has 0 aliphatic heterocycles. The number of carbonyl (C=O) groups is 1. The van der Waals surface area contributed by atoms with Crippen LogP contribution in [0.4, 0.5) is 5.82 Å². The second-order valence-electron chi connectivity index (χ2n) is 5.00. The molecule has 1 heterocycles. The Morgan fingerprint density at radius 3 is 2.91 bits per heavy atom. The smallest absolute Gasteiger partial charge is 0.268 e. The Kier molecular flexibility index (Phi) is 5.30. The van der Waals surface area contributed by atoms with Gasteiger partial charge in [-0.15, -0.1) is 0 Å². The fourth-order valence-corrected chi connectivity index (χ4v) is 1.94. The summed E-state index contributed by atoms with van der Waals surface area (Å²) in [6, 6.07) is 7.92. The fourth-order valence-electron chi connectivity index (χ4n) is 1.94. The molecule has 0 aliphatic carbocycles. The molecule has 3 N–H and O–H groups in total. The zero-order valence-electron chi connectivity index (χ0n) is 12.7. The van der Waals surface area contributed by atoms with Crippen molar-refractivity contribution in [1.29, 1.82) is 0 Å². The number of anilines is 1. The van der Waals surface area contributed by atoms with Crippen molar-refractivity contribution >= 4 is 11.7 Å². The lowest BCUT2D eigenvalue weighted by Gasteiger charge is -2.18. The Morgan fingerprint density at radius 1 is 1.41 bits per heavy atom. The average Bonchev–Trinajstić information content (AvgIpc) is 2.51. The molecule has 1 amide bonds. The molecule has 0 radical (unpaired) electrons. The first-order chi connectivity index (χ1) is 10.6. The number of aryl methyl sites for hydroxylation is 1. The molecule has 0 bridgehead atoms. The van der Waals surface area contributed by atoms with Crippen molar-refractivity contribution in [3.05, 3.63) is 47.9 Å². The van der Waals surface area contributed by atoms with Gasteiger partial charge in [0.2, 0.25) is 0 Å². The van der Waals surface area contributed by atoms with Crippen molar-refractivity contribution in [2.75, 3.05) is 11.9 Å². The van der Waals surface area contributed by atoms with E-state index < -0.39 is 5.91 Å². The maximum Gasteiger partial charge on any atom is 0.268 e. The molecule has 1 aromatic heterocycles. The molecule has 0 saturated carbocycles. The van der Waals surface area contributed by atoms with Crippen LogP contribution in [0.2, 0.25) is 0 Å². The molecule has 0 aliphatic rings. The Balaban J connectivity index is 1.96. The molecule has 2 aromatic rings. The third-order valence-corrected chi connectivity index (χ3v) is 3.15. The zero-order valence-corrected chi connectivity index (χ0v) is 12.7. The molecular formula is C16H20N4O2. The number of ether oxygens (including phenoxy) is 1. The van der Waals surface area contributed by atoms with Crippen LogP contribution in [-0.2, 0) is 0 Å². The van der Waals surface area contributed by atoms with Gasteiger partial charge in [0.1, 0.15) is 23.4 Å². The molecule has 0 fully saturated rings. The highest BCUT2D eigenvalue weighted by Crippen LogP contribution is 2.15. The minimum Gasteiger partial charge on any atom is -0.489 e. The second-order valence-corrected chi connectivity index (χ2v) is 5.00. The van der Waals surface area contributed by atoms with Gasteiger partial charge in [-0.05, 0) is 31.0 Å². The predicted molar refractivity (Wildman–Crippen MR) is 84.9 cm³/mol. The van der Waals surface area contributed by atoms with E-state index in [9.17, 15) is 4.79 Å². The Bertz CT molecular complexity index is 646. The summed E-state index contributed by atoms with van der Waals surface area (Å²) in [6.07, 6.45) is 3.71. The van der Waals surface area contributed by atoms with Crippen LogP contribution in [0.25, 0.3) is 0 Å². The summed E-state index contributed by atoms with van der Waals surface area (Å²) in [5.74, 6) is 0.743. The van der Waals surface area contributed by atoms with Crippen LogP contribution in [0.5, 0.6) is 5.75 Å². The molecule has 6 heteroatoms. The maximum absolute atomic E-state index is 11.1. The van der Waals surface area contributed by atoms with Crippen LogP contribution in [0.1, 0.15) is 29.4 Å². The fraction of sp³-hybridized carbons (Fsp3) is 0.312. The van der Waals surface area contributed by atoms with Gasteiger partial charge in [-0.25, -0.2) is 4.98 Å². The minimum atomic E-state index is -0.598. The predicted octanol–water partition coefficient (Wildman–Crippen LogP) is 2.15. The first kappa shape index (κ1) is 15.8. The van der Waals surface area contributed by atoms with Crippen LogP contribution >= 0.6 is 0 Å². The number of hydrogen-bond donors (Lipinski definition) is 2. The van der Waals surface area contributed by atoms with E-state index in [0.29, 0.717) is 12.4 Å². The highest BCUT2D eigenvalue weighted by Gasteiger charge is 2.10. The van der Waals surface area contributed by atoms with Gasteiger partial charge in [0.05, 0.1) is 18.9 Å². The van der Waals surface area contributed by atoms with E-state index in [0.717, 1.165) is 17.7 Å². The number of rotatable bonds is 7. The summed E-state index contributed by atoms with van der Waals surface area (Å²) in [6.45, 7) is 4.63. The monoisotopic (exact) mass is 300 g/mol. The molecule has 1 atom stereocenters. The van der Waals surface area contributed by atoms with Crippen LogP contribution in [0.3, 0.4) is 0 Å². The number of hydrogen-bond acceptors (Lipinski definition) is 5. The van der Waals surface area contributed by atoms with Gasteiger partial charge in [0.15, 0.2) is 0 Å². The van der Waals surface area contributed by atoms with E-state index in [1.807, 2.05) is 38.1 Å². The number of carbonyl (C=O) groups excluding carboxylic acids is 1. The van der Waals surface area contributed by atoms with Gasteiger partial charge in [-0.3, -0.25) is 9.78 Å². The zero-order chi connectivity index (χ0) is 15.9. The molecule has 1 unspecified atom stereocenters. The Hall–Kier alpha value is -2.63. The molecule has 22 heavy (non-hydrogen) atoms. The van der Waals surface area contributed by atoms with E-state index in [2.05, 4.69) is 15.3 Å². The van der Waals surface area contributed by atoms with Crippen molar-refractivity contribution in [3.8, 4) is 5.75 Å². The van der Waals surface area contributed by atoms with Crippen molar-refractivity contribution < 1.29 is 9.53 Å². The Labute approximate surface area is 129 Å². The van der Waals surface area contributed by atoms with Gasteiger partial charge >= 0.3 is 0 Å². The average molecular weight is 300 g/mol. The topological polar surface area (TPSA) is 90.1 Å². The molecule has 1 aromatic carbocycles. The van der Waals surface area contributed by atoms with Crippen molar-refractivity contribution in [2.24, 2.45) is 5.73 Å². The van der Waals surface area contributed by atoms with Gasteiger partial charge < -0.3 is 15.8 Å². The Morgan fingerprint density at radius 2 is 2.23 bits per heavy atom. The van der Waals surface area contributed by atoms with E-state index in [-0.39, 0.29) is 11.8 Å². The number of nitrogens with zero attached hydrogens (tertiary/aromatic N) is 2. The summed E-state index contributed by atoms with van der Waals surface area (Å²) in [5.41, 5.74) is 6.48. The van der Waals surface area contributed by atoms with Gasteiger partial charge in [0, 0.05) is 0 Å². The first-order valence-corrected chi connectivity index (χ1v) is 7.17. The van der Waals surface area contributed by atoms with Gasteiger partial charge in [-0.2, -0.15) is 0 Å². The van der Waals surface area contributed by atoms with Crippen LogP contribution < -0.4 is 15.8 Å². The number of nitrogens with one attached hydrogen (secondary N) is 1. The van der Waals surface area contributed by atoms with Crippen LogP contribution in [0.15, 0.2) is 36.7 Å². The molecule has 0 spiro atoms. The van der Waals surface area contributed by atoms with Crippen molar-refractivity contribution in [1.82, 2.24) is 9.97 Å². The number of primary amides is 1. The highest BCUT2D eigenvalue weighted by atomic mass is 16.5. The summed E-state index contributed by atoms with van der Waals surface area (Å²) in [5, 5.41) is 3.12. The summed E-state index contributed by atoms with van der Waals surface area (Å²) in [4.78, 5) is 19.1. The third-order valence-electron chi connectivity index (χ3n) is 3.15. The lowest BCUT2D eigenvalue weighted by molar-refractivity contribution is 0.0995. The first-order valence-electron chi connectivity index (χ1n) is 7.17. The number of nitrogens with two attached hydrogens (primary N) is 1. The van der Waals surface area contributed by atoms with E-state index >= 15 is 0 Å². The molecular weight excluding hydrogens is 280 g/mol. The van der Waals surface area contributed by atoms with E-state index in [4.69, 9.17) is 10.5 Å². The summed E-state index contributed by atoms with van der Waals surface area (Å²) >= 11 is 0. The lowest BCUT2D eigenvalue weighted by Crippen LogP contribution is -2.26. The molecule has 116 valence electrons. The summed E-state index contributed by atoms with van der Waals surface area (Å²) in [7, 11) is 0. The van der Waals surface area contributed by atoms with E-state index in [1.165, 1.54) is 6.20 Å². The van der Waals surface area contributed by atoms with Crippen molar-refractivity contribution in [3.63, 3.8) is 0 Å². The van der Waals surface area contributed by atoms with Crippen LogP contribution in [-0.4, -0.2) is 28.5 Å². The molecule has 6 nitrogen and oxygen atoms in total. The normalized spacial score (nSPS) is 11.7. The maximum atomic E-state index is 11.1. The van der Waals surface area contributed by atoms with Crippen molar-refractivity contribution in [2.45, 2.75) is 26.4 Å². The second kappa shape index (κ2) is 7.40. The number of amides is 1. The van der Waals surface area contributed by atoms with E-state index in [1.54, 1.807) is 6.20 Å². The quantitative estimate of drug-likeness (QED) is 0.817. The minimum absolute atomic E-state index is 0.0131. The van der Waals surface area contributed by atoms with Gasteiger partial charge in [0.25, 0.3) is 5.91 Å². The number of aromatic nitrogens is 2. The highest BCUT2D eigenvalue weighted by molar-refractivity contribution is 5.90. The van der Waals surface area contributed by atoms with Crippen LogP contribution in [0, 0.1) is 6.92 Å².